The molecule has 2 aliphatic heterocycles. The van der Waals surface area contributed by atoms with Gasteiger partial charge >= 0.3 is 5.97 Å². The van der Waals surface area contributed by atoms with Crippen molar-refractivity contribution in [3.63, 3.8) is 0 Å². The highest BCUT2D eigenvalue weighted by Crippen LogP contribution is 2.25. The second-order valence-corrected chi connectivity index (χ2v) is 4.77. The highest BCUT2D eigenvalue weighted by molar-refractivity contribution is 5.73. The lowest BCUT2D eigenvalue weighted by Gasteiger charge is -2.36. The van der Waals surface area contributed by atoms with Crippen LogP contribution >= 0.6 is 0 Å². The summed E-state index contributed by atoms with van der Waals surface area (Å²) in [6.45, 7) is 3.19. The van der Waals surface area contributed by atoms with Crippen molar-refractivity contribution in [1.82, 2.24) is 9.80 Å². The largest absolute Gasteiger partial charge is 0.480 e. The van der Waals surface area contributed by atoms with Gasteiger partial charge < -0.3 is 10.0 Å². The van der Waals surface area contributed by atoms with Crippen LogP contribution in [0.2, 0.25) is 0 Å². The number of hydrogen-bond acceptors (Lipinski definition) is 3. The Hall–Kier alpha value is -0.610. The highest BCUT2D eigenvalue weighted by atomic mass is 16.4. The lowest BCUT2D eigenvalue weighted by Crippen LogP contribution is -2.48. The molecule has 2 aliphatic rings. The quantitative estimate of drug-likeness (QED) is 0.729. The number of piperidine rings is 1. The van der Waals surface area contributed by atoms with Gasteiger partial charge in [-0.25, -0.2) is 0 Å². The summed E-state index contributed by atoms with van der Waals surface area (Å²) in [6.07, 6.45) is 4.13. The predicted molar refractivity (Wildman–Crippen MR) is 57.9 cm³/mol. The molecule has 15 heavy (non-hydrogen) atoms. The Balaban J connectivity index is 1.94. The van der Waals surface area contributed by atoms with Gasteiger partial charge in [0.1, 0.15) is 6.04 Å². The predicted octanol–water partition coefficient (Wildman–Crippen LogP) is 0.630. The standard InChI is InChI=1S/C11H20N2O2/c1-12-7-4-9(5-8-12)13-6-2-3-10(13)11(14)15/h9-10H,2-8H2,1H3,(H,14,15)/t10-/m0/s1. The number of nitrogens with zero attached hydrogens (tertiary/aromatic N) is 2. The van der Waals surface area contributed by atoms with E-state index < -0.39 is 5.97 Å². The number of carbonyl (C=O) groups is 1. The molecule has 0 saturated carbocycles. The van der Waals surface area contributed by atoms with Crippen LogP contribution in [0.4, 0.5) is 0 Å². The Morgan fingerprint density at radius 2 is 1.87 bits per heavy atom. The fraction of sp³-hybridized carbons (Fsp3) is 0.909. The molecule has 1 atom stereocenters. The van der Waals surface area contributed by atoms with Crippen molar-refractivity contribution in [3.05, 3.63) is 0 Å². The van der Waals surface area contributed by atoms with Crippen LogP contribution in [0.5, 0.6) is 0 Å². The minimum atomic E-state index is -0.633. The topological polar surface area (TPSA) is 43.8 Å². The van der Waals surface area contributed by atoms with E-state index in [-0.39, 0.29) is 6.04 Å². The third-order valence-electron chi connectivity index (χ3n) is 3.74. The zero-order valence-electron chi connectivity index (χ0n) is 9.35. The minimum absolute atomic E-state index is 0.210. The molecule has 2 fully saturated rings. The second-order valence-electron chi connectivity index (χ2n) is 4.77. The summed E-state index contributed by atoms with van der Waals surface area (Å²) in [5.41, 5.74) is 0. The van der Waals surface area contributed by atoms with Crippen LogP contribution in [0.15, 0.2) is 0 Å². The summed E-state index contributed by atoms with van der Waals surface area (Å²) >= 11 is 0. The molecule has 0 radical (unpaired) electrons. The summed E-state index contributed by atoms with van der Waals surface area (Å²) in [5, 5.41) is 9.11. The molecule has 0 aromatic carbocycles. The first kappa shape index (κ1) is 10.9. The molecule has 0 aromatic rings. The molecular formula is C11H20N2O2. The molecule has 86 valence electrons. The maximum atomic E-state index is 11.1. The highest BCUT2D eigenvalue weighted by Gasteiger charge is 2.36. The van der Waals surface area contributed by atoms with Crippen LogP contribution in [0.25, 0.3) is 0 Å². The maximum Gasteiger partial charge on any atom is 0.320 e. The van der Waals surface area contributed by atoms with Crippen LogP contribution in [-0.2, 0) is 4.79 Å². The van der Waals surface area contributed by atoms with Crippen LogP contribution in [-0.4, -0.2) is 59.6 Å². The average molecular weight is 212 g/mol. The van der Waals surface area contributed by atoms with E-state index in [1.54, 1.807) is 0 Å². The van der Waals surface area contributed by atoms with Gasteiger partial charge in [0.15, 0.2) is 0 Å². The van der Waals surface area contributed by atoms with E-state index in [0.717, 1.165) is 45.3 Å². The normalized spacial score (nSPS) is 30.9. The van der Waals surface area contributed by atoms with E-state index in [1.165, 1.54) is 0 Å². The van der Waals surface area contributed by atoms with Gasteiger partial charge in [0, 0.05) is 6.04 Å². The molecule has 2 saturated heterocycles. The van der Waals surface area contributed by atoms with Crippen LogP contribution in [0.1, 0.15) is 25.7 Å². The molecule has 2 rings (SSSR count). The van der Waals surface area contributed by atoms with Gasteiger partial charge in [0.2, 0.25) is 0 Å². The SMILES string of the molecule is CN1CCC(N2CCC[C@H]2C(=O)O)CC1. The molecule has 2 heterocycles. The van der Waals surface area contributed by atoms with Crippen molar-refractivity contribution in [3.8, 4) is 0 Å². The molecule has 4 heteroatoms. The van der Waals surface area contributed by atoms with Gasteiger partial charge in [0.05, 0.1) is 0 Å². The Morgan fingerprint density at radius 1 is 1.20 bits per heavy atom. The molecule has 0 unspecified atom stereocenters. The molecular weight excluding hydrogens is 192 g/mol. The van der Waals surface area contributed by atoms with E-state index in [1.807, 2.05) is 0 Å². The Morgan fingerprint density at radius 3 is 2.47 bits per heavy atom. The fourth-order valence-electron chi connectivity index (χ4n) is 2.82. The molecule has 0 aliphatic carbocycles. The number of aliphatic carboxylic acids is 1. The van der Waals surface area contributed by atoms with Crippen molar-refractivity contribution < 1.29 is 9.90 Å². The average Bonchev–Trinajstić information content (AvgIpc) is 2.67. The van der Waals surface area contributed by atoms with E-state index >= 15 is 0 Å². The van der Waals surface area contributed by atoms with Crippen molar-refractivity contribution in [2.24, 2.45) is 0 Å². The first-order valence-electron chi connectivity index (χ1n) is 5.85. The van der Waals surface area contributed by atoms with Gasteiger partial charge in [-0.15, -0.1) is 0 Å². The van der Waals surface area contributed by atoms with E-state index in [9.17, 15) is 4.79 Å². The van der Waals surface area contributed by atoms with Crippen LogP contribution < -0.4 is 0 Å². The summed E-state index contributed by atoms with van der Waals surface area (Å²) in [4.78, 5) is 15.6. The zero-order valence-corrected chi connectivity index (χ0v) is 9.35. The monoisotopic (exact) mass is 212 g/mol. The number of carboxylic acids is 1. The molecule has 4 nitrogen and oxygen atoms in total. The fourth-order valence-corrected chi connectivity index (χ4v) is 2.82. The summed E-state index contributed by atoms with van der Waals surface area (Å²) in [7, 11) is 2.13. The molecule has 1 N–H and O–H groups in total. The lowest BCUT2D eigenvalue weighted by atomic mass is 10.0. The molecule has 0 aromatic heterocycles. The molecule has 0 bridgehead atoms. The number of carboxylic acid groups (broad SMARTS) is 1. The third kappa shape index (κ3) is 2.32. The van der Waals surface area contributed by atoms with Crippen molar-refractivity contribution in [1.29, 1.82) is 0 Å². The van der Waals surface area contributed by atoms with Crippen molar-refractivity contribution in [2.45, 2.75) is 37.8 Å². The molecule has 0 spiro atoms. The number of rotatable bonds is 2. The zero-order chi connectivity index (χ0) is 10.8. The van der Waals surface area contributed by atoms with Crippen LogP contribution in [0.3, 0.4) is 0 Å². The van der Waals surface area contributed by atoms with Gasteiger partial charge in [-0.1, -0.05) is 0 Å². The van der Waals surface area contributed by atoms with E-state index in [4.69, 9.17) is 5.11 Å². The van der Waals surface area contributed by atoms with E-state index in [0.29, 0.717) is 6.04 Å². The van der Waals surface area contributed by atoms with Gasteiger partial charge in [-0.3, -0.25) is 9.69 Å². The van der Waals surface area contributed by atoms with Gasteiger partial charge in [0.25, 0.3) is 0 Å². The Kier molecular flexibility index (Phi) is 3.26. The second kappa shape index (κ2) is 4.49. The third-order valence-corrected chi connectivity index (χ3v) is 3.74. The van der Waals surface area contributed by atoms with E-state index in [2.05, 4.69) is 16.8 Å². The lowest BCUT2D eigenvalue weighted by molar-refractivity contribution is -0.143. The van der Waals surface area contributed by atoms with Crippen molar-refractivity contribution >= 4 is 5.97 Å². The smallest absolute Gasteiger partial charge is 0.320 e. The first-order chi connectivity index (χ1) is 7.18. The summed E-state index contributed by atoms with van der Waals surface area (Å²) in [6, 6.07) is 0.295. The Labute approximate surface area is 90.9 Å². The van der Waals surface area contributed by atoms with Gasteiger partial charge in [-0.2, -0.15) is 0 Å². The number of hydrogen-bond donors (Lipinski definition) is 1. The summed E-state index contributed by atoms with van der Waals surface area (Å²) in [5.74, 6) is -0.633. The molecule has 0 amide bonds. The minimum Gasteiger partial charge on any atom is -0.480 e. The Bertz CT molecular complexity index is 237. The summed E-state index contributed by atoms with van der Waals surface area (Å²) < 4.78 is 0. The van der Waals surface area contributed by atoms with Gasteiger partial charge in [-0.05, 0) is 52.4 Å². The van der Waals surface area contributed by atoms with Crippen molar-refractivity contribution in [2.75, 3.05) is 26.7 Å². The maximum absolute atomic E-state index is 11.1. The van der Waals surface area contributed by atoms with Crippen LogP contribution in [0, 0.1) is 0 Å². The number of likely N-dealkylation sites (tertiary alicyclic amines) is 2. The first-order valence-corrected chi connectivity index (χ1v) is 5.85.